The zero-order chi connectivity index (χ0) is 14.7. The van der Waals surface area contributed by atoms with Gasteiger partial charge in [0.1, 0.15) is 5.82 Å². The van der Waals surface area contributed by atoms with Crippen molar-refractivity contribution in [2.75, 3.05) is 18.5 Å². The third-order valence-electron chi connectivity index (χ3n) is 3.25. The van der Waals surface area contributed by atoms with Gasteiger partial charge in [-0.25, -0.2) is 4.39 Å². The number of nitrogens with two attached hydrogens (primary N) is 1. The summed E-state index contributed by atoms with van der Waals surface area (Å²) >= 11 is 9.40. The highest BCUT2D eigenvalue weighted by molar-refractivity contribution is 9.10. The van der Waals surface area contributed by atoms with E-state index in [1.807, 2.05) is 24.1 Å². The van der Waals surface area contributed by atoms with Crippen LogP contribution in [0.25, 0.3) is 0 Å². The van der Waals surface area contributed by atoms with E-state index in [1.54, 1.807) is 24.3 Å². The van der Waals surface area contributed by atoms with Crippen LogP contribution in [0.5, 0.6) is 0 Å². The van der Waals surface area contributed by atoms with Gasteiger partial charge in [0.15, 0.2) is 0 Å². The Morgan fingerprint density at radius 2 is 2.00 bits per heavy atom. The van der Waals surface area contributed by atoms with Gasteiger partial charge in [-0.2, -0.15) is 0 Å². The Kier molecular flexibility index (Phi) is 5.02. The quantitative estimate of drug-likeness (QED) is 0.880. The standard InChI is InChI=1S/C15H15BrClFN2/c1-20(14-5-3-2-4-13(14)18)15(9-19)10-6-7-12(17)11(16)8-10/h2-8,15H,9,19H2,1H3. The third kappa shape index (κ3) is 3.14. The van der Waals surface area contributed by atoms with Gasteiger partial charge in [-0.1, -0.05) is 29.8 Å². The number of likely N-dealkylation sites (N-methyl/N-ethyl adjacent to an activating group) is 1. The molecule has 0 spiro atoms. The molecule has 0 radical (unpaired) electrons. The highest BCUT2D eigenvalue weighted by atomic mass is 79.9. The fourth-order valence-corrected chi connectivity index (χ4v) is 2.66. The molecule has 2 rings (SSSR count). The topological polar surface area (TPSA) is 29.3 Å². The monoisotopic (exact) mass is 356 g/mol. The Hall–Kier alpha value is -1.10. The van der Waals surface area contributed by atoms with Gasteiger partial charge in [-0.15, -0.1) is 0 Å². The predicted octanol–water partition coefficient (Wildman–Crippen LogP) is 4.38. The van der Waals surface area contributed by atoms with Gasteiger partial charge in [0, 0.05) is 18.1 Å². The first-order chi connectivity index (χ1) is 9.54. The number of benzene rings is 2. The van der Waals surface area contributed by atoms with Gasteiger partial charge in [0.2, 0.25) is 0 Å². The molecule has 106 valence electrons. The molecule has 2 nitrogen and oxygen atoms in total. The molecule has 2 N–H and O–H groups in total. The molecule has 0 aliphatic carbocycles. The number of anilines is 1. The largest absolute Gasteiger partial charge is 0.364 e. The van der Waals surface area contributed by atoms with Crippen LogP contribution in [0.3, 0.4) is 0 Å². The summed E-state index contributed by atoms with van der Waals surface area (Å²) in [4.78, 5) is 1.84. The van der Waals surface area contributed by atoms with Crippen molar-refractivity contribution >= 4 is 33.2 Å². The highest BCUT2D eigenvalue weighted by Crippen LogP contribution is 2.31. The molecule has 0 fully saturated rings. The summed E-state index contributed by atoms with van der Waals surface area (Å²) in [5.74, 6) is -0.263. The van der Waals surface area contributed by atoms with Gasteiger partial charge < -0.3 is 10.6 Å². The van der Waals surface area contributed by atoms with Crippen molar-refractivity contribution in [2.24, 2.45) is 5.73 Å². The van der Waals surface area contributed by atoms with Crippen LogP contribution in [0.15, 0.2) is 46.9 Å². The normalized spacial score (nSPS) is 12.2. The van der Waals surface area contributed by atoms with Crippen molar-refractivity contribution < 1.29 is 4.39 Å². The second-order valence-electron chi connectivity index (χ2n) is 4.49. The molecule has 1 unspecified atom stereocenters. The van der Waals surface area contributed by atoms with E-state index in [1.165, 1.54) is 6.07 Å². The predicted molar refractivity (Wildman–Crippen MR) is 85.8 cm³/mol. The maximum absolute atomic E-state index is 13.9. The van der Waals surface area contributed by atoms with E-state index in [-0.39, 0.29) is 11.9 Å². The zero-order valence-corrected chi connectivity index (χ0v) is 13.3. The molecular formula is C15H15BrClFN2. The van der Waals surface area contributed by atoms with Crippen molar-refractivity contribution in [3.05, 3.63) is 63.3 Å². The lowest BCUT2D eigenvalue weighted by molar-refractivity contribution is 0.603. The minimum absolute atomic E-state index is 0.125. The van der Waals surface area contributed by atoms with E-state index in [4.69, 9.17) is 17.3 Å². The molecule has 0 saturated heterocycles. The lowest BCUT2D eigenvalue weighted by Gasteiger charge is -2.30. The maximum atomic E-state index is 13.9. The van der Waals surface area contributed by atoms with Crippen LogP contribution >= 0.6 is 27.5 Å². The average Bonchev–Trinajstić information content (AvgIpc) is 2.44. The third-order valence-corrected chi connectivity index (χ3v) is 4.47. The van der Waals surface area contributed by atoms with E-state index in [0.717, 1.165) is 10.0 Å². The molecule has 0 heterocycles. The van der Waals surface area contributed by atoms with Crippen molar-refractivity contribution in [2.45, 2.75) is 6.04 Å². The summed E-state index contributed by atoms with van der Waals surface area (Å²) in [5.41, 5.74) is 7.37. The van der Waals surface area contributed by atoms with Crippen LogP contribution in [0.1, 0.15) is 11.6 Å². The fourth-order valence-electron chi connectivity index (χ4n) is 2.14. The molecular weight excluding hydrogens is 343 g/mol. The first-order valence-electron chi connectivity index (χ1n) is 6.17. The molecule has 2 aromatic rings. The van der Waals surface area contributed by atoms with Gasteiger partial charge in [-0.05, 0) is 45.8 Å². The summed E-state index contributed by atoms with van der Waals surface area (Å²) in [6.07, 6.45) is 0. The minimum Gasteiger partial charge on any atom is -0.364 e. The van der Waals surface area contributed by atoms with Gasteiger partial charge in [-0.3, -0.25) is 0 Å². The van der Waals surface area contributed by atoms with Crippen LogP contribution < -0.4 is 10.6 Å². The first-order valence-corrected chi connectivity index (χ1v) is 7.34. The Morgan fingerprint density at radius 3 is 2.60 bits per heavy atom. The molecule has 5 heteroatoms. The Bertz CT molecular complexity index is 606. The molecule has 0 amide bonds. The smallest absolute Gasteiger partial charge is 0.146 e. The Labute approximate surface area is 131 Å². The lowest BCUT2D eigenvalue weighted by atomic mass is 10.1. The molecule has 0 saturated carbocycles. The van der Waals surface area contributed by atoms with Crippen LogP contribution in [0, 0.1) is 5.82 Å². The first kappa shape index (κ1) is 15.3. The number of halogens is 3. The minimum atomic E-state index is -0.263. The number of rotatable bonds is 4. The summed E-state index contributed by atoms with van der Waals surface area (Å²) in [5, 5.41) is 0.637. The molecule has 2 aromatic carbocycles. The van der Waals surface area contributed by atoms with Crippen molar-refractivity contribution in [3.8, 4) is 0 Å². The number of hydrogen-bond acceptors (Lipinski definition) is 2. The maximum Gasteiger partial charge on any atom is 0.146 e. The number of para-hydroxylation sites is 1. The van der Waals surface area contributed by atoms with Crippen LogP contribution in [0.2, 0.25) is 5.02 Å². The lowest BCUT2D eigenvalue weighted by Crippen LogP contribution is -2.31. The second kappa shape index (κ2) is 6.57. The second-order valence-corrected chi connectivity index (χ2v) is 5.75. The van der Waals surface area contributed by atoms with Gasteiger partial charge in [0.25, 0.3) is 0 Å². The zero-order valence-electron chi connectivity index (χ0n) is 11.0. The SMILES string of the molecule is CN(c1ccccc1F)C(CN)c1ccc(Cl)c(Br)c1. The molecule has 0 aromatic heterocycles. The van der Waals surface area contributed by atoms with E-state index >= 15 is 0 Å². The van der Waals surface area contributed by atoms with Crippen LogP contribution in [-0.4, -0.2) is 13.6 Å². The van der Waals surface area contributed by atoms with E-state index in [2.05, 4.69) is 15.9 Å². The van der Waals surface area contributed by atoms with Crippen molar-refractivity contribution in [1.82, 2.24) is 0 Å². The van der Waals surface area contributed by atoms with E-state index in [0.29, 0.717) is 17.3 Å². The number of hydrogen-bond donors (Lipinski definition) is 1. The van der Waals surface area contributed by atoms with Gasteiger partial charge in [0.05, 0.1) is 16.8 Å². The molecule has 0 aliphatic heterocycles. The van der Waals surface area contributed by atoms with Crippen LogP contribution in [0.4, 0.5) is 10.1 Å². The van der Waals surface area contributed by atoms with E-state index in [9.17, 15) is 4.39 Å². The Balaban J connectivity index is 2.36. The summed E-state index contributed by atoms with van der Waals surface area (Å²) in [6.45, 7) is 0.374. The molecule has 20 heavy (non-hydrogen) atoms. The summed E-state index contributed by atoms with van der Waals surface area (Å²) < 4.78 is 14.7. The van der Waals surface area contributed by atoms with Crippen molar-refractivity contribution in [3.63, 3.8) is 0 Å². The summed E-state index contributed by atoms with van der Waals surface area (Å²) in [6, 6.07) is 12.2. The molecule has 1 atom stereocenters. The molecule has 0 bridgehead atoms. The number of nitrogens with zero attached hydrogens (tertiary/aromatic N) is 1. The average molecular weight is 358 g/mol. The van der Waals surface area contributed by atoms with Crippen molar-refractivity contribution in [1.29, 1.82) is 0 Å². The summed E-state index contributed by atoms with van der Waals surface area (Å²) in [7, 11) is 1.83. The highest BCUT2D eigenvalue weighted by Gasteiger charge is 2.19. The van der Waals surface area contributed by atoms with Gasteiger partial charge >= 0.3 is 0 Å². The van der Waals surface area contributed by atoms with E-state index < -0.39 is 0 Å². The van der Waals surface area contributed by atoms with Crippen LogP contribution in [-0.2, 0) is 0 Å². The fraction of sp³-hybridized carbons (Fsp3) is 0.200. The Morgan fingerprint density at radius 1 is 1.30 bits per heavy atom. The molecule has 0 aliphatic rings.